The van der Waals surface area contributed by atoms with Crippen LogP contribution in [0.1, 0.15) is 17.9 Å². The summed E-state index contributed by atoms with van der Waals surface area (Å²) < 4.78 is 25.0. The third-order valence-corrected chi connectivity index (χ3v) is 5.53. The molecule has 4 rings (SSSR count). The Balaban J connectivity index is 1.87. The first-order chi connectivity index (χ1) is 10.5. The highest BCUT2D eigenvalue weighted by Crippen LogP contribution is 2.34. The minimum absolute atomic E-state index is 0.155. The Kier molecular flexibility index (Phi) is 2.92. The largest absolute Gasteiger partial charge is 0.345 e. The molecule has 3 aromatic heterocycles. The quantitative estimate of drug-likeness (QED) is 0.768. The maximum Gasteiger partial charge on any atom is 0.211 e. The van der Waals surface area contributed by atoms with E-state index in [4.69, 9.17) is 0 Å². The van der Waals surface area contributed by atoms with E-state index in [0.717, 1.165) is 28.4 Å². The van der Waals surface area contributed by atoms with Crippen molar-refractivity contribution in [3.05, 3.63) is 30.1 Å². The molecule has 1 fully saturated rings. The van der Waals surface area contributed by atoms with Crippen LogP contribution in [-0.2, 0) is 10.0 Å². The second-order valence-corrected chi connectivity index (χ2v) is 7.63. The predicted octanol–water partition coefficient (Wildman–Crippen LogP) is 1.25. The van der Waals surface area contributed by atoms with Crippen molar-refractivity contribution < 1.29 is 8.42 Å². The van der Waals surface area contributed by atoms with E-state index in [2.05, 4.69) is 20.2 Å². The fraction of sp³-hybridized carbons (Fsp3) is 0.357. The van der Waals surface area contributed by atoms with Gasteiger partial charge in [0.15, 0.2) is 11.3 Å². The van der Waals surface area contributed by atoms with Gasteiger partial charge >= 0.3 is 0 Å². The lowest BCUT2D eigenvalue weighted by atomic mass is 9.95. The number of hydrogen-bond donors (Lipinski definition) is 1. The molecular formula is C14H15N5O2S. The van der Waals surface area contributed by atoms with Gasteiger partial charge in [-0.2, -0.15) is 0 Å². The second kappa shape index (κ2) is 4.72. The Morgan fingerprint density at radius 1 is 1.32 bits per heavy atom. The molecule has 0 saturated carbocycles. The molecule has 1 saturated heterocycles. The third-order valence-electron chi connectivity index (χ3n) is 4.26. The standard InChI is InChI=1S/C14H15N5O2S/c1-22(20,21)19-7-4-9(8-19)10-2-5-16-14-12(10)11-3-6-15-13(11)17-18-14/h2-3,5-6,9H,4,7-8H2,1H3,(H,15,17). The fourth-order valence-electron chi connectivity index (χ4n) is 3.18. The van der Waals surface area contributed by atoms with Crippen molar-refractivity contribution in [3.8, 4) is 0 Å². The monoisotopic (exact) mass is 317 g/mol. The van der Waals surface area contributed by atoms with Gasteiger partial charge in [0.25, 0.3) is 0 Å². The molecule has 22 heavy (non-hydrogen) atoms. The van der Waals surface area contributed by atoms with E-state index in [0.29, 0.717) is 18.7 Å². The average molecular weight is 317 g/mol. The molecule has 114 valence electrons. The zero-order valence-electron chi connectivity index (χ0n) is 12.0. The van der Waals surface area contributed by atoms with Gasteiger partial charge < -0.3 is 4.98 Å². The normalized spacial score (nSPS) is 20.1. The molecule has 0 spiro atoms. The van der Waals surface area contributed by atoms with Crippen LogP contribution in [0.4, 0.5) is 0 Å². The summed E-state index contributed by atoms with van der Waals surface area (Å²) in [5.74, 6) is 0.155. The van der Waals surface area contributed by atoms with E-state index >= 15 is 0 Å². The van der Waals surface area contributed by atoms with E-state index in [1.54, 1.807) is 6.20 Å². The Bertz CT molecular complexity index is 966. The number of aromatic amines is 1. The number of nitrogens with zero attached hydrogens (tertiary/aromatic N) is 4. The number of fused-ring (bicyclic) bond motifs is 3. The van der Waals surface area contributed by atoms with Gasteiger partial charge in [-0.3, -0.25) is 0 Å². The van der Waals surface area contributed by atoms with Gasteiger partial charge in [-0.15, -0.1) is 10.2 Å². The van der Waals surface area contributed by atoms with Gasteiger partial charge in [0.05, 0.1) is 6.26 Å². The zero-order valence-corrected chi connectivity index (χ0v) is 12.8. The molecule has 1 atom stereocenters. The molecule has 7 nitrogen and oxygen atoms in total. The van der Waals surface area contributed by atoms with Crippen LogP contribution in [0.25, 0.3) is 22.1 Å². The van der Waals surface area contributed by atoms with Crippen molar-refractivity contribution in [1.29, 1.82) is 0 Å². The van der Waals surface area contributed by atoms with E-state index < -0.39 is 10.0 Å². The van der Waals surface area contributed by atoms with Crippen molar-refractivity contribution in [2.75, 3.05) is 19.3 Å². The minimum Gasteiger partial charge on any atom is -0.345 e. The van der Waals surface area contributed by atoms with Crippen molar-refractivity contribution in [2.24, 2.45) is 0 Å². The van der Waals surface area contributed by atoms with Crippen LogP contribution < -0.4 is 0 Å². The molecule has 1 N–H and O–H groups in total. The fourth-order valence-corrected chi connectivity index (χ4v) is 4.07. The summed E-state index contributed by atoms with van der Waals surface area (Å²) in [7, 11) is -3.14. The van der Waals surface area contributed by atoms with Crippen molar-refractivity contribution in [3.63, 3.8) is 0 Å². The molecule has 0 amide bonds. The van der Waals surface area contributed by atoms with E-state index in [-0.39, 0.29) is 5.92 Å². The average Bonchev–Trinajstić information content (AvgIpc) is 3.15. The highest BCUT2D eigenvalue weighted by molar-refractivity contribution is 7.88. The molecule has 1 aliphatic heterocycles. The first kappa shape index (κ1) is 13.6. The van der Waals surface area contributed by atoms with Gasteiger partial charge in [-0.25, -0.2) is 17.7 Å². The number of H-pyrrole nitrogens is 1. The number of hydrogen-bond acceptors (Lipinski definition) is 5. The van der Waals surface area contributed by atoms with E-state index in [1.807, 2.05) is 18.3 Å². The van der Waals surface area contributed by atoms with E-state index in [9.17, 15) is 8.42 Å². The first-order valence-electron chi connectivity index (χ1n) is 7.07. The predicted molar refractivity (Wildman–Crippen MR) is 83.0 cm³/mol. The summed E-state index contributed by atoms with van der Waals surface area (Å²) in [6.07, 6.45) is 5.61. The van der Waals surface area contributed by atoms with Crippen LogP contribution >= 0.6 is 0 Å². The van der Waals surface area contributed by atoms with Crippen molar-refractivity contribution in [2.45, 2.75) is 12.3 Å². The van der Waals surface area contributed by atoms with Gasteiger partial charge in [-0.05, 0) is 30.0 Å². The lowest BCUT2D eigenvalue weighted by molar-refractivity contribution is 0.478. The van der Waals surface area contributed by atoms with Crippen molar-refractivity contribution in [1.82, 2.24) is 24.5 Å². The Hall–Kier alpha value is -2.06. The number of aromatic nitrogens is 4. The maximum absolute atomic E-state index is 11.7. The number of nitrogens with one attached hydrogen (secondary N) is 1. The van der Waals surface area contributed by atoms with Crippen molar-refractivity contribution >= 4 is 32.1 Å². The van der Waals surface area contributed by atoms with Gasteiger partial charge in [0, 0.05) is 36.3 Å². The lowest BCUT2D eigenvalue weighted by Crippen LogP contribution is -2.27. The first-order valence-corrected chi connectivity index (χ1v) is 8.92. The minimum atomic E-state index is -3.14. The summed E-state index contributed by atoms with van der Waals surface area (Å²) in [6, 6.07) is 3.92. The molecule has 0 aromatic carbocycles. The van der Waals surface area contributed by atoms with Gasteiger partial charge in [0.2, 0.25) is 10.0 Å². The summed E-state index contributed by atoms with van der Waals surface area (Å²) in [6.45, 7) is 1.06. The number of rotatable bonds is 2. The van der Waals surface area contributed by atoms with E-state index in [1.165, 1.54) is 10.6 Å². The van der Waals surface area contributed by atoms with Crippen LogP contribution in [0.15, 0.2) is 24.5 Å². The summed E-state index contributed by atoms with van der Waals surface area (Å²) in [5, 5.41) is 10.2. The molecule has 8 heteroatoms. The Labute approximate surface area is 127 Å². The van der Waals surface area contributed by atoms with Crippen LogP contribution in [0.5, 0.6) is 0 Å². The van der Waals surface area contributed by atoms with Gasteiger partial charge in [0.1, 0.15) is 0 Å². The zero-order chi connectivity index (χ0) is 15.3. The smallest absolute Gasteiger partial charge is 0.211 e. The number of pyridine rings is 1. The van der Waals surface area contributed by atoms with Crippen LogP contribution in [0, 0.1) is 0 Å². The second-order valence-electron chi connectivity index (χ2n) is 5.65. The van der Waals surface area contributed by atoms with Crippen LogP contribution in [0.2, 0.25) is 0 Å². The molecule has 3 aromatic rings. The SMILES string of the molecule is CS(=O)(=O)N1CCC(c2ccnc3nnc4[nH]ccc4c23)C1. The molecular weight excluding hydrogens is 302 g/mol. The van der Waals surface area contributed by atoms with Crippen LogP contribution in [-0.4, -0.2) is 52.2 Å². The van der Waals surface area contributed by atoms with Gasteiger partial charge in [-0.1, -0.05) is 0 Å². The lowest BCUT2D eigenvalue weighted by Gasteiger charge is -2.15. The molecule has 4 heterocycles. The van der Waals surface area contributed by atoms with Crippen LogP contribution in [0.3, 0.4) is 0 Å². The molecule has 1 unspecified atom stereocenters. The highest BCUT2D eigenvalue weighted by atomic mass is 32.2. The summed E-state index contributed by atoms with van der Waals surface area (Å²) >= 11 is 0. The number of sulfonamides is 1. The molecule has 0 aliphatic carbocycles. The molecule has 0 radical (unpaired) electrons. The molecule has 0 bridgehead atoms. The maximum atomic E-state index is 11.7. The highest BCUT2D eigenvalue weighted by Gasteiger charge is 2.31. The summed E-state index contributed by atoms with van der Waals surface area (Å²) in [4.78, 5) is 7.35. The Morgan fingerprint density at radius 3 is 2.95 bits per heavy atom. The summed E-state index contributed by atoms with van der Waals surface area (Å²) in [5.41, 5.74) is 2.41. The topological polar surface area (TPSA) is 91.8 Å². The molecule has 1 aliphatic rings. The third kappa shape index (κ3) is 2.06. The Morgan fingerprint density at radius 2 is 2.18 bits per heavy atom.